The number of urea groups is 1. The molecule has 2 fully saturated rings. The molecule has 0 aromatic carbocycles. The summed E-state index contributed by atoms with van der Waals surface area (Å²) in [5.41, 5.74) is 4.65. The molecule has 240 valence electrons. The molecule has 1 saturated carbocycles. The van der Waals surface area contributed by atoms with Crippen molar-refractivity contribution in [2.45, 2.75) is 91.9 Å². The third-order valence-electron chi connectivity index (χ3n) is 7.98. The molecule has 1 heterocycles. The van der Waals surface area contributed by atoms with Gasteiger partial charge in [0.25, 0.3) is 5.91 Å². The van der Waals surface area contributed by atoms with E-state index in [1.54, 1.807) is 40.8 Å². The van der Waals surface area contributed by atoms with Crippen LogP contribution in [0.3, 0.4) is 0 Å². The highest BCUT2D eigenvalue weighted by atomic mass is 16.2. The fourth-order valence-corrected chi connectivity index (χ4v) is 5.62. The van der Waals surface area contributed by atoms with E-state index in [4.69, 9.17) is 5.73 Å². The Kier molecular flexibility index (Phi) is 11.3. The fraction of sp³-hybridized carbons (Fsp3) is 0.677. The van der Waals surface area contributed by atoms with Crippen LogP contribution in [0.25, 0.3) is 0 Å². The van der Waals surface area contributed by atoms with E-state index < -0.39 is 70.5 Å². The largest absolute Gasteiger partial charge is 0.363 e. The summed E-state index contributed by atoms with van der Waals surface area (Å²) in [6.45, 7) is 20.8. The number of likely N-dealkylation sites (N-methyl/N-ethyl adjacent to an activating group) is 1. The topological polar surface area (TPSA) is 171 Å². The van der Waals surface area contributed by atoms with Gasteiger partial charge in [-0.1, -0.05) is 72.6 Å². The number of nitrogens with two attached hydrogens (primary N) is 1. The van der Waals surface area contributed by atoms with Crippen molar-refractivity contribution in [2.75, 3.05) is 20.1 Å². The maximum Gasteiger partial charge on any atom is 0.316 e. The minimum absolute atomic E-state index is 0.0625. The Balaban J connectivity index is 2.38. The van der Waals surface area contributed by atoms with Crippen molar-refractivity contribution in [3.8, 4) is 0 Å². The van der Waals surface area contributed by atoms with Gasteiger partial charge in [0.15, 0.2) is 0 Å². The van der Waals surface area contributed by atoms with Crippen molar-refractivity contribution in [2.24, 2.45) is 28.4 Å². The molecule has 0 radical (unpaired) electrons. The summed E-state index contributed by atoms with van der Waals surface area (Å²) in [5, 5.41) is 8.03. The molecule has 43 heavy (non-hydrogen) atoms. The zero-order valence-corrected chi connectivity index (χ0v) is 26.9. The quantitative estimate of drug-likeness (QED) is 0.195. The van der Waals surface area contributed by atoms with Gasteiger partial charge in [-0.25, -0.2) is 4.79 Å². The molecular formula is C31H50N6O6. The SMILES string of the molecule is C=CCN(C)C(=O)[C@H](C)NC(=O)N[C@H](C(=O)N1CC(=C)[C@H](C(C)(C)C)[C@H]1C(=O)NC(CC1CC1)C(=O)C(N)=O)C(C)(C)C. The molecule has 0 aromatic heterocycles. The maximum absolute atomic E-state index is 14.2. The highest BCUT2D eigenvalue weighted by Crippen LogP contribution is 2.42. The molecule has 5 atom stereocenters. The van der Waals surface area contributed by atoms with Gasteiger partial charge in [-0.3, -0.25) is 24.0 Å². The molecule has 1 unspecified atom stereocenters. The van der Waals surface area contributed by atoms with Crippen molar-refractivity contribution in [3.63, 3.8) is 0 Å². The van der Waals surface area contributed by atoms with E-state index in [2.05, 4.69) is 29.1 Å². The Labute approximate surface area is 255 Å². The van der Waals surface area contributed by atoms with Crippen molar-refractivity contribution in [1.82, 2.24) is 25.8 Å². The van der Waals surface area contributed by atoms with E-state index in [9.17, 15) is 28.8 Å². The standard InChI is InChI=1S/C31H50N6O6/c1-11-14-36(10)27(41)18(3)33-29(43)35-24(31(7,8)9)28(42)37-16-17(2)21(30(4,5)6)22(37)26(40)34-20(15-19-12-13-19)23(38)25(32)39/h11,18-22,24H,1-2,12-16H2,3-10H3,(H2,32,39)(H,34,40)(H2,33,35,43)/t18-,20?,21-,22-,24+/m0/s1. The van der Waals surface area contributed by atoms with Crippen LogP contribution in [0.2, 0.25) is 0 Å². The number of ketones is 1. The second-order valence-corrected chi connectivity index (χ2v) is 14.0. The number of likely N-dealkylation sites (tertiary alicyclic amines) is 1. The second-order valence-electron chi connectivity index (χ2n) is 14.0. The highest BCUT2D eigenvalue weighted by molar-refractivity contribution is 6.37. The minimum atomic E-state index is -1.13. The molecule has 6 amide bonds. The first-order valence-corrected chi connectivity index (χ1v) is 14.8. The molecule has 2 rings (SSSR count). The van der Waals surface area contributed by atoms with Gasteiger partial charge >= 0.3 is 6.03 Å². The third kappa shape index (κ3) is 9.14. The van der Waals surface area contributed by atoms with Crippen LogP contribution in [0.5, 0.6) is 0 Å². The molecular weight excluding hydrogens is 552 g/mol. The Morgan fingerprint density at radius 1 is 1.05 bits per heavy atom. The van der Waals surface area contributed by atoms with Gasteiger partial charge in [-0.05, 0) is 30.1 Å². The lowest BCUT2D eigenvalue weighted by Gasteiger charge is -2.38. The van der Waals surface area contributed by atoms with Crippen molar-refractivity contribution >= 4 is 35.4 Å². The molecule has 1 aliphatic heterocycles. The molecule has 0 spiro atoms. The normalized spacial score (nSPS) is 20.8. The van der Waals surface area contributed by atoms with E-state index in [0.717, 1.165) is 12.8 Å². The summed E-state index contributed by atoms with van der Waals surface area (Å²) >= 11 is 0. The van der Waals surface area contributed by atoms with Crippen molar-refractivity contribution in [1.29, 1.82) is 0 Å². The molecule has 0 bridgehead atoms. The maximum atomic E-state index is 14.2. The lowest BCUT2D eigenvalue weighted by Crippen LogP contribution is -2.62. The first kappa shape index (κ1) is 35.5. The number of carbonyl (C=O) groups excluding carboxylic acids is 6. The monoisotopic (exact) mass is 602 g/mol. The first-order chi connectivity index (χ1) is 19.7. The summed E-state index contributed by atoms with van der Waals surface area (Å²) in [5.74, 6) is -3.71. The van der Waals surface area contributed by atoms with Gasteiger partial charge in [-0.15, -0.1) is 6.58 Å². The van der Waals surface area contributed by atoms with Crippen LogP contribution in [0, 0.1) is 22.7 Å². The Morgan fingerprint density at radius 3 is 2.09 bits per heavy atom. The summed E-state index contributed by atoms with van der Waals surface area (Å²) in [7, 11) is 1.59. The van der Waals surface area contributed by atoms with E-state index in [-0.39, 0.29) is 18.4 Å². The van der Waals surface area contributed by atoms with Gasteiger partial charge in [0.2, 0.25) is 23.5 Å². The average molecular weight is 603 g/mol. The van der Waals surface area contributed by atoms with Crippen LogP contribution in [-0.2, 0) is 24.0 Å². The van der Waals surface area contributed by atoms with Crippen LogP contribution < -0.4 is 21.7 Å². The molecule has 12 nitrogen and oxygen atoms in total. The zero-order valence-electron chi connectivity index (χ0n) is 26.9. The number of hydrogen-bond acceptors (Lipinski definition) is 6. The van der Waals surface area contributed by atoms with Gasteiger partial charge in [0, 0.05) is 26.1 Å². The summed E-state index contributed by atoms with van der Waals surface area (Å²) < 4.78 is 0. The summed E-state index contributed by atoms with van der Waals surface area (Å²) in [6, 6.07) is -4.82. The molecule has 1 aliphatic carbocycles. The second kappa shape index (κ2) is 13.7. The molecule has 2 aliphatic rings. The van der Waals surface area contributed by atoms with Gasteiger partial charge in [-0.2, -0.15) is 0 Å². The van der Waals surface area contributed by atoms with E-state index in [0.29, 0.717) is 18.5 Å². The van der Waals surface area contributed by atoms with Crippen LogP contribution in [0.15, 0.2) is 24.8 Å². The van der Waals surface area contributed by atoms with Crippen molar-refractivity contribution < 1.29 is 28.8 Å². The Hall–Kier alpha value is -3.70. The Bertz CT molecular complexity index is 1150. The predicted molar refractivity (Wildman–Crippen MR) is 163 cm³/mol. The number of hydrogen-bond donors (Lipinski definition) is 4. The predicted octanol–water partition coefficient (Wildman–Crippen LogP) is 1.50. The smallest absolute Gasteiger partial charge is 0.316 e. The van der Waals surface area contributed by atoms with Crippen LogP contribution in [0.1, 0.15) is 67.7 Å². The van der Waals surface area contributed by atoms with E-state index in [1.165, 1.54) is 9.80 Å². The first-order valence-electron chi connectivity index (χ1n) is 14.8. The molecule has 0 aromatic rings. The number of amides is 6. The summed E-state index contributed by atoms with van der Waals surface area (Å²) in [6.07, 6.45) is 3.64. The van der Waals surface area contributed by atoms with E-state index in [1.807, 2.05) is 20.8 Å². The van der Waals surface area contributed by atoms with Gasteiger partial charge in [0.05, 0.1) is 6.04 Å². The van der Waals surface area contributed by atoms with Crippen LogP contribution in [0.4, 0.5) is 4.79 Å². The summed E-state index contributed by atoms with van der Waals surface area (Å²) in [4.78, 5) is 81.0. The number of rotatable bonds is 12. The lowest BCUT2D eigenvalue weighted by molar-refractivity contribution is -0.145. The number of nitrogens with zero attached hydrogens (tertiary/aromatic N) is 2. The van der Waals surface area contributed by atoms with Gasteiger partial charge < -0.3 is 31.5 Å². The van der Waals surface area contributed by atoms with Gasteiger partial charge in [0.1, 0.15) is 18.1 Å². The fourth-order valence-electron chi connectivity index (χ4n) is 5.62. The average Bonchev–Trinajstić information content (AvgIpc) is 3.62. The zero-order chi connectivity index (χ0) is 33.0. The highest BCUT2D eigenvalue weighted by Gasteiger charge is 2.52. The third-order valence-corrected chi connectivity index (χ3v) is 7.98. The Morgan fingerprint density at radius 2 is 1.63 bits per heavy atom. The lowest BCUT2D eigenvalue weighted by atomic mass is 9.74. The van der Waals surface area contributed by atoms with Crippen LogP contribution in [-0.4, -0.2) is 89.5 Å². The molecule has 1 saturated heterocycles. The molecule has 5 N–H and O–H groups in total. The number of primary amides is 1. The number of Topliss-reactive ketones (excluding diaryl/α,β-unsaturated/α-hetero) is 1. The number of carbonyl (C=O) groups is 6. The minimum Gasteiger partial charge on any atom is -0.363 e. The molecule has 12 heteroatoms. The van der Waals surface area contributed by atoms with E-state index >= 15 is 0 Å². The number of nitrogens with one attached hydrogen (secondary N) is 3. The van der Waals surface area contributed by atoms with Crippen molar-refractivity contribution in [3.05, 3.63) is 24.8 Å². The van der Waals surface area contributed by atoms with Crippen LogP contribution >= 0.6 is 0 Å².